The Morgan fingerprint density at radius 2 is 2.35 bits per heavy atom. The molecule has 1 aliphatic heterocycles. The van der Waals surface area contributed by atoms with Gasteiger partial charge in [-0.1, -0.05) is 6.92 Å². The van der Waals surface area contributed by atoms with Gasteiger partial charge in [0, 0.05) is 25.0 Å². The molecule has 2 heterocycles. The Hall–Kier alpha value is -1.07. The fourth-order valence-corrected chi connectivity index (χ4v) is 2.61. The molecule has 0 aliphatic carbocycles. The fourth-order valence-electron chi connectivity index (χ4n) is 2.50. The first kappa shape index (κ1) is 15.3. The van der Waals surface area contributed by atoms with Crippen LogP contribution in [0.5, 0.6) is 0 Å². The Morgan fingerprint density at radius 3 is 3.05 bits per heavy atom. The first-order valence-electron chi connectivity index (χ1n) is 7.16. The van der Waals surface area contributed by atoms with Crippen molar-refractivity contribution < 1.29 is 4.74 Å². The molecule has 1 fully saturated rings. The van der Waals surface area contributed by atoms with Crippen molar-refractivity contribution in [3.8, 4) is 0 Å². The SMILES string of the molecule is CC1CCCN(c2cnn(CCOCCCl)c(=O)c2)C1. The first-order chi connectivity index (χ1) is 9.70. The molecule has 20 heavy (non-hydrogen) atoms. The molecule has 0 saturated carbocycles. The van der Waals surface area contributed by atoms with Crippen molar-refractivity contribution in [2.45, 2.75) is 26.3 Å². The summed E-state index contributed by atoms with van der Waals surface area (Å²) in [4.78, 5) is 14.3. The van der Waals surface area contributed by atoms with Crippen LogP contribution in [-0.2, 0) is 11.3 Å². The zero-order chi connectivity index (χ0) is 14.4. The van der Waals surface area contributed by atoms with Crippen molar-refractivity contribution in [2.24, 2.45) is 5.92 Å². The predicted molar refractivity (Wildman–Crippen MR) is 80.6 cm³/mol. The van der Waals surface area contributed by atoms with Gasteiger partial charge in [-0.05, 0) is 18.8 Å². The second-order valence-electron chi connectivity index (χ2n) is 5.27. The number of halogens is 1. The average Bonchev–Trinajstić information content (AvgIpc) is 2.45. The minimum Gasteiger partial charge on any atom is -0.378 e. The lowest BCUT2D eigenvalue weighted by atomic mass is 10.00. The molecular weight excluding hydrogens is 278 g/mol. The Balaban J connectivity index is 1.96. The van der Waals surface area contributed by atoms with E-state index in [-0.39, 0.29) is 5.56 Å². The molecule has 1 aliphatic rings. The number of hydrogen-bond donors (Lipinski definition) is 0. The van der Waals surface area contributed by atoms with Crippen LogP contribution in [0.25, 0.3) is 0 Å². The Bertz CT molecular complexity index is 478. The molecule has 6 heteroatoms. The highest BCUT2D eigenvalue weighted by Gasteiger charge is 2.17. The molecule has 0 radical (unpaired) electrons. The van der Waals surface area contributed by atoms with Gasteiger partial charge in [-0.15, -0.1) is 11.6 Å². The number of piperidine rings is 1. The highest BCUT2D eigenvalue weighted by molar-refractivity contribution is 6.17. The summed E-state index contributed by atoms with van der Waals surface area (Å²) in [5.74, 6) is 1.14. The van der Waals surface area contributed by atoms with Gasteiger partial charge >= 0.3 is 0 Å². The van der Waals surface area contributed by atoms with Crippen molar-refractivity contribution in [3.63, 3.8) is 0 Å². The molecule has 1 unspecified atom stereocenters. The summed E-state index contributed by atoms with van der Waals surface area (Å²) in [5.41, 5.74) is 0.856. The van der Waals surface area contributed by atoms with Crippen LogP contribution in [0.4, 0.5) is 5.69 Å². The summed E-state index contributed by atoms with van der Waals surface area (Å²) >= 11 is 5.52. The molecule has 0 spiro atoms. The van der Waals surface area contributed by atoms with Gasteiger partial charge in [0.1, 0.15) is 0 Å². The third kappa shape index (κ3) is 4.21. The number of hydrogen-bond acceptors (Lipinski definition) is 4. The Labute approximate surface area is 124 Å². The summed E-state index contributed by atoms with van der Waals surface area (Å²) in [7, 11) is 0. The first-order valence-corrected chi connectivity index (χ1v) is 7.70. The predicted octanol–water partition coefficient (Wildman–Crippen LogP) is 1.73. The molecule has 112 valence electrons. The summed E-state index contributed by atoms with van der Waals surface area (Å²) in [6.45, 7) is 5.68. The van der Waals surface area contributed by atoms with E-state index < -0.39 is 0 Å². The second kappa shape index (κ2) is 7.64. The Kier molecular flexibility index (Phi) is 5.86. The molecule has 1 atom stereocenters. The van der Waals surface area contributed by atoms with Crippen molar-refractivity contribution >= 4 is 17.3 Å². The van der Waals surface area contributed by atoms with E-state index in [0.29, 0.717) is 31.6 Å². The number of alkyl halides is 1. The minimum absolute atomic E-state index is 0.0739. The second-order valence-corrected chi connectivity index (χ2v) is 5.65. The van der Waals surface area contributed by atoms with Gasteiger partial charge in [0.2, 0.25) is 0 Å². The van der Waals surface area contributed by atoms with E-state index in [9.17, 15) is 4.79 Å². The minimum atomic E-state index is -0.0739. The number of aromatic nitrogens is 2. The molecule has 0 bridgehead atoms. The van der Waals surface area contributed by atoms with Crippen molar-refractivity contribution in [3.05, 3.63) is 22.6 Å². The lowest BCUT2D eigenvalue weighted by Crippen LogP contribution is -2.36. The molecular formula is C14H22ClN3O2. The van der Waals surface area contributed by atoms with Crippen LogP contribution in [0.15, 0.2) is 17.1 Å². The summed E-state index contributed by atoms with van der Waals surface area (Å²) in [5, 5.41) is 4.23. The summed E-state index contributed by atoms with van der Waals surface area (Å²) in [6, 6.07) is 1.67. The van der Waals surface area contributed by atoms with E-state index in [0.717, 1.165) is 18.8 Å². The van der Waals surface area contributed by atoms with Gasteiger partial charge in [-0.3, -0.25) is 4.79 Å². The molecule has 1 saturated heterocycles. The van der Waals surface area contributed by atoms with Gasteiger partial charge in [0.05, 0.1) is 31.6 Å². The summed E-state index contributed by atoms with van der Waals surface area (Å²) in [6.07, 6.45) is 4.22. The van der Waals surface area contributed by atoms with Gasteiger partial charge < -0.3 is 9.64 Å². The number of anilines is 1. The van der Waals surface area contributed by atoms with E-state index in [1.807, 2.05) is 0 Å². The van der Waals surface area contributed by atoms with Crippen LogP contribution in [0.1, 0.15) is 19.8 Å². The molecule has 5 nitrogen and oxygen atoms in total. The average molecular weight is 300 g/mol. The maximum atomic E-state index is 12.0. The van der Waals surface area contributed by atoms with E-state index in [1.54, 1.807) is 12.3 Å². The molecule has 1 aromatic rings. The Morgan fingerprint density at radius 1 is 1.50 bits per heavy atom. The largest absolute Gasteiger partial charge is 0.378 e. The van der Waals surface area contributed by atoms with Crippen molar-refractivity contribution in [1.82, 2.24) is 9.78 Å². The number of ether oxygens (including phenoxy) is 1. The molecule has 0 aromatic carbocycles. The van der Waals surface area contributed by atoms with Crippen LogP contribution in [-0.4, -0.2) is 42.0 Å². The van der Waals surface area contributed by atoms with Gasteiger partial charge in [0.25, 0.3) is 5.56 Å². The molecule has 2 rings (SSSR count). The van der Waals surface area contributed by atoms with E-state index in [2.05, 4.69) is 16.9 Å². The topological polar surface area (TPSA) is 47.4 Å². The number of rotatable bonds is 6. The fraction of sp³-hybridized carbons (Fsp3) is 0.714. The highest BCUT2D eigenvalue weighted by Crippen LogP contribution is 2.20. The zero-order valence-electron chi connectivity index (χ0n) is 11.9. The molecule has 0 amide bonds. The molecule has 1 aromatic heterocycles. The van der Waals surface area contributed by atoms with Crippen LogP contribution >= 0.6 is 11.6 Å². The monoisotopic (exact) mass is 299 g/mol. The lowest BCUT2D eigenvalue weighted by molar-refractivity contribution is 0.136. The molecule has 0 N–H and O–H groups in total. The maximum Gasteiger partial charge on any atom is 0.268 e. The highest BCUT2D eigenvalue weighted by atomic mass is 35.5. The van der Waals surface area contributed by atoms with Crippen LogP contribution in [0.2, 0.25) is 0 Å². The van der Waals surface area contributed by atoms with Gasteiger partial charge in [-0.2, -0.15) is 5.10 Å². The zero-order valence-corrected chi connectivity index (χ0v) is 12.7. The van der Waals surface area contributed by atoms with Crippen molar-refractivity contribution in [1.29, 1.82) is 0 Å². The third-order valence-electron chi connectivity index (χ3n) is 3.55. The van der Waals surface area contributed by atoms with Crippen LogP contribution in [0.3, 0.4) is 0 Å². The normalized spacial score (nSPS) is 19.3. The smallest absolute Gasteiger partial charge is 0.268 e. The lowest BCUT2D eigenvalue weighted by Gasteiger charge is -2.32. The third-order valence-corrected chi connectivity index (χ3v) is 3.70. The van der Waals surface area contributed by atoms with E-state index in [4.69, 9.17) is 16.3 Å². The number of nitrogens with zero attached hydrogens (tertiary/aromatic N) is 3. The van der Waals surface area contributed by atoms with Gasteiger partial charge in [0.15, 0.2) is 0 Å². The van der Waals surface area contributed by atoms with Crippen LogP contribution in [0, 0.1) is 5.92 Å². The standard InChI is InChI=1S/C14H22ClN3O2/c1-12-3-2-5-17(11-12)13-9-14(19)18(16-10-13)6-8-20-7-4-15/h9-10,12H,2-8,11H2,1H3. The van der Waals surface area contributed by atoms with E-state index in [1.165, 1.54) is 17.5 Å². The van der Waals surface area contributed by atoms with Crippen molar-refractivity contribution in [2.75, 3.05) is 37.1 Å². The maximum absolute atomic E-state index is 12.0. The summed E-state index contributed by atoms with van der Waals surface area (Å²) < 4.78 is 6.70. The van der Waals surface area contributed by atoms with Crippen LogP contribution < -0.4 is 10.5 Å². The van der Waals surface area contributed by atoms with Gasteiger partial charge in [-0.25, -0.2) is 4.68 Å². The quantitative estimate of drug-likeness (QED) is 0.593. The van der Waals surface area contributed by atoms with E-state index >= 15 is 0 Å².